The maximum absolute atomic E-state index is 11.3. The quantitative estimate of drug-likeness (QED) is 0.416. The third-order valence-electron chi connectivity index (χ3n) is 1.22. The third kappa shape index (κ3) is 4.10. The van der Waals surface area contributed by atoms with Crippen molar-refractivity contribution in [3.8, 4) is 0 Å². The Morgan fingerprint density at radius 3 is 2.15 bits per heavy atom. The maximum atomic E-state index is 11.3. The number of hydrogen-bond donors (Lipinski definition) is 2. The van der Waals surface area contributed by atoms with E-state index in [2.05, 4.69) is 4.52 Å². The lowest BCUT2D eigenvalue weighted by Crippen LogP contribution is -2.22. The Morgan fingerprint density at radius 1 is 1.46 bits per heavy atom. The highest BCUT2D eigenvalue weighted by Crippen LogP contribution is 2.27. The zero-order valence-corrected chi connectivity index (χ0v) is 8.70. The molecule has 0 aromatic carbocycles. The zero-order valence-electron chi connectivity index (χ0n) is 7.70. The predicted molar refractivity (Wildman–Crippen MR) is 47.5 cm³/mol. The van der Waals surface area contributed by atoms with Crippen molar-refractivity contribution >= 4 is 14.0 Å². The van der Waals surface area contributed by atoms with Gasteiger partial charge in [-0.2, -0.15) is 0 Å². The third-order valence-corrected chi connectivity index (χ3v) is 1.61. The Labute approximate surface area is 77.0 Å². The molecular weight excluding hydrogens is 195 g/mol. The van der Waals surface area contributed by atoms with Gasteiger partial charge in [-0.25, -0.2) is 4.57 Å². The van der Waals surface area contributed by atoms with Gasteiger partial charge in [0, 0.05) is 5.41 Å². The number of carbonyl (C=O) groups excluding carboxylic acids is 1. The normalized spacial score (nSPS) is 15.2. The molecule has 76 valence electrons. The van der Waals surface area contributed by atoms with Crippen molar-refractivity contribution in [1.82, 2.24) is 0 Å². The average Bonchev–Trinajstić information content (AvgIpc) is 1.96. The first-order chi connectivity index (χ1) is 5.79. The number of Topliss-reactive ketones (excluding diaryl/α,β-unsaturated/α-hetero) is 1. The van der Waals surface area contributed by atoms with Crippen LogP contribution in [0.1, 0.15) is 20.8 Å². The van der Waals surface area contributed by atoms with Crippen LogP contribution in [0.2, 0.25) is 0 Å². The molecule has 0 fully saturated rings. The van der Waals surface area contributed by atoms with Gasteiger partial charge in [0.15, 0.2) is 0 Å². The van der Waals surface area contributed by atoms with Crippen molar-refractivity contribution in [2.45, 2.75) is 20.8 Å². The van der Waals surface area contributed by atoms with E-state index in [0.717, 1.165) is 0 Å². The van der Waals surface area contributed by atoms with Crippen LogP contribution in [0.3, 0.4) is 0 Å². The molecule has 2 N–H and O–H groups in total. The SMILES string of the molecule is CC(C)(C)C(=O)C(=CO)O[PH](=O)O. The number of allylic oxidation sites excluding steroid dienone is 1. The van der Waals surface area contributed by atoms with Gasteiger partial charge in [-0.1, -0.05) is 20.8 Å². The molecule has 1 atom stereocenters. The molecule has 0 spiro atoms. The van der Waals surface area contributed by atoms with Crippen LogP contribution in [0, 0.1) is 5.41 Å². The van der Waals surface area contributed by atoms with Gasteiger partial charge in [-0.3, -0.25) is 4.79 Å². The molecule has 0 radical (unpaired) electrons. The standard InChI is InChI=1S/C7H13O5P/c1-7(2,3)6(9)5(4-8)12-13(10)11/h4,8,13H,1-3H3,(H,10,11). The van der Waals surface area contributed by atoms with Crippen molar-refractivity contribution in [1.29, 1.82) is 0 Å². The fraction of sp³-hybridized carbons (Fsp3) is 0.571. The molecule has 0 aliphatic rings. The van der Waals surface area contributed by atoms with Gasteiger partial charge in [0.25, 0.3) is 0 Å². The summed E-state index contributed by atoms with van der Waals surface area (Å²) >= 11 is 0. The Kier molecular flexibility index (Phi) is 4.17. The lowest BCUT2D eigenvalue weighted by atomic mass is 9.90. The van der Waals surface area contributed by atoms with E-state index in [1.807, 2.05) is 0 Å². The molecule has 13 heavy (non-hydrogen) atoms. The predicted octanol–water partition coefficient (Wildman–Crippen LogP) is 1.40. The molecule has 1 unspecified atom stereocenters. The van der Waals surface area contributed by atoms with E-state index in [1.54, 1.807) is 20.8 Å². The molecule has 0 saturated heterocycles. The summed E-state index contributed by atoms with van der Waals surface area (Å²) in [5, 5.41) is 8.57. The molecule has 0 aromatic rings. The van der Waals surface area contributed by atoms with E-state index in [9.17, 15) is 9.36 Å². The largest absolute Gasteiger partial charge is 0.512 e. The molecule has 0 bridgehead atoms. The first kappa shape index (κ1) is 12.2. The van der Waals surface area contributed by atoms with Crippen LogP contribution in [-0.4, -0.2) is 15.8 Å². The van der Waals surface area contributed by atoms with Crippen LogP contribution >= 0.6 is 8.25 Å². The number of hydrogen-bond acceptors (Lipinski definition) is 4. The molecular formula is C7H13O5P. The summed E-state index contributed by atoms with van der Waals surface area (Å²) in [6.07, 6.45) is 0.395. The summed E-state index contributed by atoms with van der Waals surface area (Å²) in [6, 6.07) is 0. The summed E-state index contributed by atoms with van der Waals surface area (Å²) in [4.78, 5) is 19.7. The van der Waals surface area contributed by atoms with E-state index in [1.165, 1.54) is 0 Å². The summed E-state index contributed by atoms with van der Waals surface area (Å²) in [5.41, 5.74) is -0.758. The zero-order chi connectivity index (χ0) is 10.6. The summed E-state index contributed by atoms with van der Waals surface area (Å²) in [5.74, 6) is -1.01. The molecule has 0 saturated carbocycles. The van der Waals surface area contributed by atoms with Crippen molar-refractivity contribution in [2.75, 3.05) is 0 Å². The van der Waals surface area contributed by atoms with Gasteiger partial charge in [-0.05, 0) is 0 Å². The molecule has 0 rings (SSSR count). The molecule has 6 heteroatoms. The Morgan fingerprint density at radius 2 is 1.92 bits per heavy atom. The van der Waals surface area contributed by atoms with Crippen LogP contribution < -0.4 is 0 Å². The molecule has 0 heterocycles. The minimum atomic E-state index is -3.25. The maximum Gasteiger partial charge on any atom is 0.365 e. The van der Waals surface area contributed by atoms with E-state index in [0.29, 0.717) is 6.26 Å². The second-order valence-corrected chi connectivity index (χ2v) is 4.18. The summed E-state index contributed by atoms with van der Waals surface area (Å²) in [7, 11) is -3.25. The van der Waals surface area contributed by atoms with Crippen LogP contribution in [0.4, 0.5) is 0 Å². The Hall–Kier alpha value is -0.800. The van der Waals surface area contributed by atoms with Crippen molar-refractivity contribution in [2.24, 2.45) is 5.41 Å². The van der Waals surface area contributed by atoms with E-state index in [4.69, 9.17) is 10.00 Å². The first-order valence-electron chi connectivity index (χ1n) is 3.59. The number of ketones is 1. The number of aliphatic hydroxyl groups excluding tert-OH is 1. The minimum Gasteiger partial charge on any atom is -0.512 e. The highest BCUT2D eigenvalue weighted by molar-refractivity contribution is 7.32. The molecule has 5 nitrogen and oxygen atoms in total. The highest BCUT2D eigenvalue weighted by Gasteiger charge is 2.27. The van der Waals surface area contributed by atoms with Crippen molar-refractivity contribution < 1.29 is 23.9 Å². The second-order valence-electron chi connectivity index (χ2n) is 3.44. The van der Waals surface area contributed by atoms with Crippen molar-refractivity contribution in [3.63, 3.8) is 0 Å². The van der Waals surface area contributed by atoms with E-state index in [-0.39, 0.29) is 0 Å². The molecule has 0 amide bonds. The van der Waals surface area contributed by atoms with E-state index >= 15 is 0 Å². The topological polar surface area (TPSA) is 83.8 Å². The van der Waals surface area contributed by atoms with Crippen molar-refractivity contribution in [3.05, 3.63) is 12.0 Å². The minimum absolute atomic E-state index is 0.395. The fourth-order valence-corrected chi connectivity index (χ4v) is 0.929. The van der Waals surface area contributed by atoms with Crippen LogP contribution in [-0.2, 0) is 13.9 Å². The molecule has 0 aromatic heterocycles. The van der Waals surface area contributed by atoms with E-state index < -0.39 is 25.2 Å². The van der Waals surface area contributed by atoms with Gasteiger partial charge in [0.1, 0.15) is 6.26 Å². The van der Waals surface area contributed by atoms with Gasteiger partial charge < -0.3 is 14.5 Å². The van der Waals surface area contributed by atoms with Crippen LogP contribution in [0.25, 0.3) is 0 Å². The number of rotatable bonds is 3. The lowest BCUT2D eigenvalue weighted by Gasteiger charge is -2.17. The monoisotopic (exact) mass is 208 g/mol. The first-order valence-corrected chi connectivity index (χ1v) is 4.85. The van der Waals surface area contributed by atoms with Gasteiger partial charge in [0.05, 0.1) is 0 Å². The van der Waals surface area contributed by atoms with Gasteiger partial charge in [0.2, 0.25) is 11.5 Å². The van der Waals surface area contributed by atoms with Crippen LogP contribution in [0.5, 0.6) is 0 Å². The Balaban J connectivity index is 4.63. The average molecular weight is 208 g/mol. The van der Waals surface area contributed by atoms with Crippen LogP contribution in [0.15, 0.2) is 12.0 Å². The second kappa shape index (κ2) is 4.44. The Bertz CT molecular complexity index is 250. The smallest absolute Gasteiger partial charge is 0.365 e. The van der Waals surface area contributed by atoms with Gasteiger partial charge >= 0.3 is 8.25 Å². The highest BCUT2D eigenvalue weighted by atomic mass is 31.1. The summed E-state index contributed by atoms with van der Waals surface area (Å²) < 4.78 is 14.5. The molecule has 0 aliphatic heterocycles. The fourth-order valence-electron chi connectivity index (χ4n) is 0.595. The molecule has 0 aliphatic carbocycles. The lowest BCUT2D eigenvalue weighted by molar-refractivity contribution is -0.124. The number of carbonyl (C=O) groups is 1. The number of aliphatic hydroxyl groups is 1. The van der Waals surface area contributed by atoms with Gasteiger partial charge in [-0.15, -0.1) is 0 Å². The summed E-state index contributed by atoms with van der Waals surface area (Å²) in [6.45, 7) is 4.82.